The third-order valence-corrected chi connectivity index (χ3v) is 6.59. The number of nitrogens with one attached hydrogen (secondary N) is 1. The van der Waals surface area contributed by atoms with Gasteiger partial charge in [0.25, 0.3) is 5.91 Å². The van der Waals surface area contributed by atoms with Gasteiger partial charge in [0, 0.05) is 33.2 Å². The number of para-hydroxylation sites is 1. The fourth-order valence-electron chi connectivity index (χ4n) is 2.91. The predicted octanol–water partition coefficient (Wildman–Crippen LogP) is 1.36. The molecule has 0 aliphatic carbocycles. The first-order chi connectivity index (χ1) is 14.1. The maximum absolute atomic E-state index is 13.0. The Morgan fingerprint density at radius 1 is 1.17 bits per heavy atom. The monoisotopic (exact) mass is 437 g/mol. The average molecular weight is 438 g/mol. The number of carbonyl (C=O) groups is 2. The van der Waals surface area contributed by atoms with Crippen molar-refractivity contribution in [2.45, 2.75) is 4.34 Å². The maximum atomic E-state index is 13.0. The first-order valence-electron chi connectivity index (χ1n) is 8.99. The molecule has 0 spiro atoms. The first-order valence-corrected chi connectivity index (χ1v) is 10.8. The molecular formula is C18H23N5O4S2. The second-order valence-corrected chi connectivity index (χ2v) is 8.31. The molecule has 0 atom stereocenters. The van der Waals surface area contributed by atoms with E-state index in [-0.39, 0.29) is 11.8 Å². The Hall–Kier alpha value is -2.53. The molecule has 1 aromatic carbocycles. The lowest BCUT2D eigenvalue weighted by Crippen LogP contribution is -2.48. The van der Waals surface area contributed by atoms with Crippen molar-refractivity contribution in [3.63, 3.8) is 0 Å². The van der Waals surface area contributed by atoms with Gasteiger partial charge in [-0.3, -0.25) is 9.59 Å². The lowest BCUT2D eigenvalue weighted by molar-refractivity contribution is -0.118. The molecule has 1 fully saturated rings. The van der Waals surface area contributed by atoms with Crippen LogP contribution in [0.5, 0.6) is 11.5 Å². The third kappa shape index (κ3) is 4.91. The molecule has 1 N–H and O–H groups in total. The molecule has 2 amide bonds. The van der Waals surface area contributed by atoms with E-state index in [0.717, 1.165) is 9.47 Å². The molecule has 1 aromatic heterocycles. The van der Waals surface area contributed by atoms with Crippen LogP contribution in [0.1, 0.15) is 10.4 Å². The van der Waals surface area contributed by atoms with Gasteiger partial charge in [-0.15, -0.1) is 10.2 Å². The van der Waals surface area contributed by atoms with E-state index in [0.29, 0.717) is 49.0 Å². The number of benzene rings is 1. The molecular weight excluding hydrogens is 414 g/mol. The van der Waals surface area contributed by atoms with Crippen LogP contribution in [0.4, 0.5) is 5.13 Å². The number of thioether (sulfide) groups is 1. The number of ether oxygens (including phenoxy) is 2. The van der Waals surface area contributed by atoms with Gasteiger partial charge in [-0.25, -0.2) is 0 Å². The number of methoxy groups -OCH3 is 2. The van der Waals surface area contributed by atoms with Crippen LogP contribution in [0.2, 0.25) is 0 Å². The van der Waals surface area contributed by atoms with Gasteiger partial charge in [-0.1, -0.05) is 29.2 Å². The van der Waals surface area contributed by atoms with Gasteiger partial charge in [0.2, 0.25) is 11.0 Å². The van der Waals surface area contributed by atoms with Crippen molar-refractivity contribution in [2.24, 2.45) is 0 Å². The highest BCUT2D eigenvalue weighted by molar-refractivity contribution is 8.01. The van der Waals surface area contributed by atoms with E-state index in [9.17, 15) is 9.59 Å². The predicted molar refractivity (Wildman–Crippen MR) is 112 cm³/mol. The normalized spacial score (nSPS) is 13.9. The Labute approximate surface area is 177 Å². The molecule has 1 aliphatic rings. The summed E-state index contributed by atoms with van der Waals surface area (Å²) in [4.78, 5) is 28.2. The zero-order valence-corrected chi connectivity index (χ0v) is 18.1. The minimum Gasteiger partial charge on any atom is -0.493 e. The highest BCUT2D eigenvalue weighted by Gasteiger charge is 2.27. The summed E-state index contributed by atoms with van der Waals surface area (Å²) in [5, 5.41) is 11.7. The second kappa shape index (κ2) is 9.79. The lowest BCUT2D eigenvalue weighted by Gasteiger charge is -2.34. The SMILES string of the molecule is CNC(=O)CSc1nnc(N2CCN(C(=O)c3cccc(OC)c3OC)CC2)s1. The van der Waals surface area contributed by atoms with E-state index >= 15 is 0 Å². The van der Waals surface area contributed by atoms with Gasteiger partial charge < -0.3 is 24.6 Å². The largest absolute Gasteiger partial charge is 0.493 e. The molecule has 11 heteroatoms. The van der Waals surface area contributed by atoms with Crippen LogP contribution in [-0.2, 0) is 4.79 Å². The minimum atomic E-state index is -0.0838. The fraction of sp³-hybridized carbons (Fsp3) is 0.444. The summed E-state index contributed by atoms with van der Waals surface area (Å²) in [6, 6.07) is 5.30. The highest BCUT2D eigenvalue weighted by atomic mass is 32.2. The van der Waals surface area contributed by atoms with Crippen molar-refractivity contribution in [3.8, 4) is 11.5 Å². The van der Waals surface area contributed by atoms with E-state index in [4.69, 9.17) is 9.47 Å². The second-order valence-electron chi connectivity index (χ2n) is 6.13. The molecule has 9 nitrogen and oxygen atoms in total. The van der Waals surface area contributed by atoms with Gasteiger partial charge in [-0.2, -0.15) is 0 Å². The van der Waals surface area contributed by atoms with Gasteiger partial charge in [-0.05, 0) is 12.1 Å². The Kier molecular flexibility index (Phi) is 7.15. The van der Waals surface area contributed by atoms with E-state index in [1.807, 2.05) is 0 Å². The van der Waals surface area contributed by atoms with E-state index in [1.54, 1.807) is 37.3 Å². The number of hydrogen-bond donors (Lipinski definition) is 1. The van der Waals surface area contributed by atoms with Crippen molar-refractivity contribution in [3.05, 3.63) is 23.8 Å². The molecule has 2 heterocycles. The Morgan fingerprint density at radius 2 is 1.93 bits per heavy atom. The number of hydrogen-bond acceptors (Lipinski definition) is 9. The van der Waals surface area contributed by atoms with Crippen molar-refractivity contribution in [1.29, 1.82) is 0 Å². The molecule has 1 saturated heterocycles. The molecule has 3 rings (SSSR count). The quantitative estimate of drug-likeness (QED) is 0.649. The van der Waals surface area contributed by atoms with Crippen molar-refractivity contribution in [2.75, 3.05) is 58.1 Å². The van der Waals surface area contributed by atoms with Crippen LogP contribution < -0.4 is 19.7 Å². The Balaban J connectivity index is 1.60. The van der Waals surface area contributed by atoms with E-state index in [2.05, 4.69) is 20.4 Å². The zero-order valence-electron chi connectivity index (χ0n) is 16.5. The summed E-state index contributed by atoms with van der Waals surface area (Å²) in [6.45, 7) is 2.46. The summed E-state index contributed by atoms with van der Waals surface area (Å²) in [5.41, 5.74) is 0.490. The zero-order chi connectivity index (χ0) is 20.8. The standard InChI is InChI=1S/C18H23N5O4S2/c1-19-14(24)11-28-18-21-20-17(29-18)23-9-7-22(8-10-23)16(25)12-5-4-6-13(26-2)15(12)27-3/h4-6H,7-11H2,1-3H3,(H,19,24). The summed E-state index contributed by atoms with van der Waals surface area (Å²) in [5.74, 6) is 1.17. The van der Waals surface area contributed by atoms with Gasteiger partial charge in [0.05, 0.1) is 25.5 Å². The molecule has 0 bridgehead atoms. The fourth-order valence-corrected chi connectivity index (χ4v) is 4.68. The van der Waals surface area contributed by atoms with Crippen LogP contribution in [0.3, 0.4) is 0 Å². The molecule has 2 aromatic rings. The molecule has 1 aliphatic heterocycles. The van der Waals surface area contributed by atoms with Gasteiger partial charge >= 0.3 is 0 Å². The number of piperazine rings is 1. The number of rotatable bonds is 7. The number of anilines is 1. The van der Waals surface area contributed by atoms with Crippen molar-refractivity contribution < 1.29 is 19.1 Å². The van der Waals surface area contributed by atoms with E-state index < -0.39 is 0 Å². The summed E-state index contributed by atoms with van der Waals surface area (Å²) in [6.07, 6.45) is 0. The average Bonchev–Trinajstić information content (AvgIpc) is 3.25. The number of nitrogens with zero attached hydrogens (tertiary/aromatic N) is 4. The Morgan fingerprint density at radius 3 is 2.59 bits per heavy atom. The van der Waals surface area contributed by atoms with Crippen LogP contribution >= 0.6 is 23.1 Å². The summed E-state index contributed by atoms with van der Waals surface area (Å²) in [7, 11) is 4.69. The van der Waals surface area contributed by atoms with Crippen molar-refractivity contribution >= 4 is 40.0 Å². The lowest BCUT2D eigenvalue weighted by atomic mass is 10.1. The molecule has 0 radical (unpaired) electrons. The first kappa shape index (κ1) is 21.2. The molecule has 0 saturated carbocycles. The van der Waals surface area contributed by atoms with Crippen LogP contribution in [0, 0.1) is 0 Å². The smallest absolute Gasteiger partial charge is 0.257 e. The number of carbonyl (C=O) groups excluding carboxylic acids is 2. The van der Waals surface area contributed by atoms with Crippen LogP contribution in [-0.4, -0.2) is 80.1 Å². The molecule has 29 heavy (non-hydrogen) atoms. The highest BCUT2D eigenvalue weighted by Crippen LogP contribution is 2.32. The maximum Gasteiger partial charge on any atom is 0.257 e. The van der Waals surface area contributed by atoms with Gasteiger partial charge in [0.1, 0.15) is 0 Å². The van der Waals surface area contributed by atoms with Crippen LogP contribution in [0.15, 0.2) is 22.5 Å². The molecule has 156 valence electrons. The summed E-state index contributed by atoms with van der Waals surface area (Å²) < 4.78 is 11.4. The minimum absolute atomic E-state index is 0.0492. The number of aromatic nitrogens is 2. The van der Waals surface area contributed by atoms with Crippen molar-refractivity contribution in [1.82, 2.24) is 20.4 Å². The topological polar surface area (TPSA) is 96.9 Å². The van der Waals surface area contributed by atoms with Crippen LogP contribution in [0.25, 0.3) is 0 Å². The Bertz CT molecular complexity index is 868. The van der Waals surface area contributed by atoms with Gasteiger partial charge in [0.15, 0.2) is 15.8 Å². The third-order valence-electron chi connectivity index (χ3n) is 4.47. The summed E-state index contributed by atoms with van der Waals surface area (Å²) >= 11 is 2.82. The molecule has 0 unspecified atom stereocenters. The van der Waals surface area contributed by atoms with E-state index in [1.165, 1.54) is 30.2 Å². The number of amides is 2.